The van der Waals surface area contributed by atoms with E-state index in [1.54, 1.807) is 18.2 Å². The molecule has 4 aromatic rings. The molecule has 0 aliphatic carbocycles. The van der Waals surface area contributed by atoms with E-state index < -0.39 is 5.82 Å². The van der Waals surface area contributed by atoms with Gasteiger partial charge in [-0.2, -0.15) is 0 Å². The Bertz CT molecular complexity index is 1140. The number of aromatic nitrogens is 4. The van der Waals surface area contributed by atoms with Gasteiger partial charge in [-0.3, -0.25) is 9.78 Å². The molecule has 0 saturated heterocycles. The largest absolute Gasteiger partial charge is 0.352 e. The number of halogens is 1. The van der Waals surface area contributed by atoms with E-state index in [0.29, 0.717) is 18.4 Å². The lowest BCUT2D eigenvalue weighted by molar-refractivity contribution is 0.0953. The summed E-state index contributed by atoms with van der Waals surface area (Å²) in [6.07, 6.45) is 2.04. The van der Waals surface area contributed by atoms with E-state index in [-0.39, 0.29) is 17.0 Å². The van der Waals surface area contributed by atoms with Crippen LogP contribution < -0.4 is 5.32 Å². The smallest absolute Gasteiger partial charge is 0.251 e. The molecule has 7 heteroatoms. The molecule has 0 aliphatic rings. The first-order chi connectivity index (χ1) is 13.6. The summed E-state index contributed by atoms with van der Waals surface area (Å²) in [6, 6.07) is 16.1. The van der Waals surface area contributed by atoms with Gasteiger partial charge in [-0.05, 0) is 18.2 Å². The molecule has 0 bridgehead atoms. The van der Waals surface area contributed by atoms with Crippen LogP contribution in [0.4, 0.5) is 4.39 Å². The average Bonchev–Trinajstić information content (AvgIpc) is 3.09. The number of nitrogens with zero attached hydrogens (tertiary/aromatic N) is 4. The fraction of sp³-hybridized carbons (Fsp3) is 0.143. The molecule has 0 spiro atoms. The number of pyridine rings is 1. The highest BCUT2D eigenvalue weighted by Gasteiger charge is 2.13. The van der Waals surface area contributed by atoms with Gasteiger partial charge in [-0.15, -0.1) is 10.2 Å². The SMILES string of the molecule is Cn1c(CCNC(=O)c2cc(F)c3ncccc3c2)nnc1-c1ccccc1. The third-order valence-corrected chi connectivity index (χ3v) is 4.55. The van der Waals surface area contributed by atoms with Crippen molar-refractivity contribution >= 4 is 16.8 Å². The van der Waals surface area contributed by atoms with Crippen molar-refractivity contribution in [3.63, 3.8) is 0 Å². The molecule has 2 heterocycles. The number of nitrogens with one attached hydrogen (secondary N) is 1. The van der Waals surface area contributed by atoms with E-state index in [1.807, 2.05) is 41.9 Å². The van der Waals surface area contributed by atoms with Crippen molar-refractivity contribution in [2.75, 3.05) is 6.54 Å². The van der Waals surface area contributed by atoms with Crippen molar-refractivity contribution in [2.24, 2.45) is 7.05 Å². The van der Waals surface area contributed by atoms with Gasteiger partial charge in [0.05, 0.1) is 0 Å². The zero-order valence-electron chi connectivity index (χ0n) is 15.3. The summed E-state index contributed by atoms with van der Waals surface area (Å²) < 4.78 is 16.1. The highest BCUT2D eigenvalue weighted by molar-refractivity contribution is 5.98. The van der Waals surface area contributed by atoms with Crippen LogP contribution in [0.2, 0.25) is 0 Å². The molecule has 2 aromatic heterocycles. The average molecular weight is 375 g/mol. The van der Waals surface area contributed by atoms with Gasteiger partial charge in [-0.25, -0.2) is 4.39 Å². The maximum absolute atomic E-state index is 14.1. The molecule has 0 unspecified atom stereocenters. The van der Waals surface area contributed by atoms with Crippen LogP contribution in [0.1, 0.15) is 16.2 Å². The van der Waals surface area contributed by atoms with Crippen LogP contribution in [0, 0.1) is 5.82 Å². The number of fused-ring (bicyclic) bond motifs is 1. The predicted molar refractivity (Wildman–Crippen MR) is 104 cm³/mol. The van der Waals surface area contributed by atoms with Gasteiger partial charge in [0.15, 0.2) is 5.82 Å². The minimum atomic E-state index is -0.510. The second-order valence-electron chi connectivity index (χ2n) is 6.40. The fourth-order valence-electron chi connectivity index (χ4n) is 3.09. The van der Waals surface area contributed by atoms with Crippen molar-refractivity contribution in [1.82, 2.24) is 25.1 Å². The maximum Gasteiger partial charge on any atom is 0.251 e. The van der Waals surface area contributed by atoms with Crippen LogP contribution in [-0.2, 0) is 13.5 Å². The first kappa shape index (κ1) is 17.8. The standard InChI is InChI=1S/C21H18FN5O/c1-27-18(25-26-20(27)14-6-3-2-4-7-14)9-11-24-21(28)16-12-15-8-5-10-23-19(15)17(22)13-16/h2-8,10,12-13H,9,11H2,1H3,(H,24,28). The van der Waals surface area contributed by atoms with Crippen LogP contribution >= 0.6 is 0 Å². The Labute approximate surface area is 161 Å². The number of amides is 1. The molecule has 1 amide bonds. The van der Waals surface area contributed by atoms with E-state index in [9.17, 15) is 9.18 Å². The van der Waals surface area contributed by atoms with Gasteiger partial charge in [0, 0.05) is 42.7 Å². The number of hydrogen-bond acceptors (Lipinski definition) is 4. The van der Waals surface area contributed by atoms with Crippen LogP contribution in [0.25, 0.3) is 22.3 Å². The molecular formula is C21H18FN5O. The lowest BCUT2D eigenvalue weighted by atomic mass is 10.1. The number of carbonyl (C=O) groups is 1. The number of carbonyl (C=O) groups excluding carboxylic acids is 1. The Morgan fingerprint density at radius 3 is 2.75 bits per heavy atom. The minimum absolute atomic E-state index is 0.256. The summed E-state index contributed by atoms with van der Waals surface area (Å²) in [5.41, 5.74) is 1.50. The molecule has 2 aromatic carbocycles. The van der Waals surface area contributed by atoms with E-state index in [2.05, 4.69) is 20.5 Å². The molecule has 6 nitrogen and oxygen atoms in total. The van der Waals surface area contributed by atoms with Gasteiger partial charge in [0.1, 0.15) is 17.2 Å². The third-order valence-electron chi connectivity index (χ3n) is 4.55. The molecule has 4 rings (SSSR count). The minimum Gasteiger partial charge on any atom is -0.352 e. The molecule has 0 aliphatic heterocycles. The van der Waals surface area contributed by atoms with Crippen molar-refractivity contribution in [1.29, 1.82) is 0 Å². The van der Waals surface area contributed by atoms with Gasteiger partial charge < -0.3 is 9.88 Å². The van der Waals surface area contributed by atoms with Crippen molar-refractivity contribution in [3.05, 3.63) is 78.0 Å². The summed E-state index contributed by atoms with van der Waals surface area (Å²) >= 11 is 0. The molecule has 0 radical (unpaired) electrons. The molecule has 1 N–H and O–H groups in total. The van der Waals surface area contributed by atoms with Crippen LogP contribution in [0.3, 0.4) is 0 Å². The third kappa shape index (κ3) is 3.46. The van der Waals surface area contributed by atoms with E-state index >= 15 is 0 Å². The lowest BCUT2D eigenvalue weighted by Gasteiger charge is -2.07. The number of hydrogen-bond donors (Lipinski definition) is 1. The topological polar surface area (TPSA) is 72.7 Å². The molecule has 0 fully saturated rings. The Morgan fingerprint density at radius 1 is 1.11 bits per heavy atom. The quantitative estimate of drug-likeness (QED) is 0.582. The van der Waals surface area contributed by atoms with Gasteiger partial charge in [-0.1, -0.05) is 36.4 Å². The monoisotopic (exact) mass is 375 g/mol. The van der Waals surface area contributed by atoms with E-state index in [0.717, 1.165) is 17.2 Å². The van der Waals surface area contributed by atoms with Crippen molar-refractivity contribution in [3.8, 4) is 11.4 Å². The molecule has 28 heavy (non-hydrogen) atoms. The Balaban J connectivity index is 1.43. The second-order valence-corrected chi connectivity index (χ2v) is 6.40. The van der Waals surface area contributed by atoms with Gasteiger partial charge >= 0.3 is 0 Å². The summed E-state index contributed by atoms with van der Waals surface area (Å²) in [5, 5.41) is 11.8. The Morgan fingerprint density at radius 2 is 1.93 bits per heavy atom. The molecule has 0 saturated carbocycles. The first-order valence-electron chi connectivity index (χ1n) is 8.89. The lowest BCUT2D eigenvalue weighted by Crippen LogP contribution is -2.26. The highest BCUT2D eigenvalue weighted by Crippen LogP contribution is 2.18. The maximum atomic E-state index is 14.1. The highest BCUT2D eigenvalue weighted by atomic mass is 19.1. The van der Waals surface area contributed by atoms with Crippen molar-refractivity contribution < 1.29 is 9.18 Å². The fourth-order valence-corrected chi connectivity index (χ4v) is 3.09. The Kier molecular flexibility index (Phi) is 4.80. The summed E-state index contributed by atoms with van der Waals surface area (Å²) in [6.45, 7) is 0.367. The number of benzene rings is 2. The van der Waals surface area contributed by atoms with Gasteiger partial charge in [0.2, 0.25) is 0 Å². The first-order valence-corrected chi connectivity index (χ1v) is 8.89. The summed E-state index contributed by atoms with van der Waals surface area (Å²) in [7, 11) is 1.89. The zero-order valence-corrected chi connectivity index (χ0v) is 15.3. The predicted octanol–water partition coefficient (Wildman–Crippen LogP) is 3.14. The molecule has 0 atom stereocenters. The molecule has 140 valence electrons. The molecular weight excluding hydrogens is 357 g/mol. The van der Waals surface area contributed by atoms with Crippen LogP contribution in [0.15, 0.2) is 60.8 Å². The zero-order chi connectivity index (χ0) is 19.5. The summed E-state index contributed by atoms with van der Waals surface area (Å²) in [4.78, 5) is 16.4. The Hall–Kier alpha value is -3.61. The van der Waals surface area contributed by atoms with Crippen LogP contribution in [0.5, 0.6) is 0 Å². The van der Waals surface area contributed by atoms with E-state index in [1.165, 1.54) is 12.3 Å². The second kappa shape index (κ2) is 7.56. The van der Waals surface area contributed by atoms with E-state index in [4.69, 9.17) is 0 Å². The van der Waals surface area contributed by atoms with Gasteiger partial charge in [0.25, 0.3) is 5.91 Å². The summed E-state index contributed by atoms with van der Waals surface area (Å²) in [5.74, 6) is 0.679. The van der Waals surface area contributed by atoms with Crippen LogP contribution in [-0.4, -0.2) is 32.2 Å². The number of rotatable bonds is 5. The van der Waals surface area contributed by atoms with Crippen molar-refractivity contribution in [2.45, 2.75) is 6.42 Å². The normalized spacial score (nSPS) is 10.9.